The number of methoxy groups -OCH3 is 4. The molecule has 0 saturated heterocycles. The number of hydrogen-bond donors (Lipinski definition) is 1. The summed E-state index contributed by atoms with van der Waals surface area (Å²) >= 11 is 3.60. The summed E-state index contributed by atoms with van der Waals surface area (Å²) < 4.78 is 20.3. The minimum absolute atomic E-state index is 0.126. The van der Waals surface area contributed by atoms with E-state index in [4.69, 9.17) is 24.1 Å². The summed E-state index contributed by atoms with van der Waals surface area (Å²) in [5, 5.41) is 12.6. The number of aliphatic hydroxyl groups is 1. The maximum Gasteiger partial charge on any atom is 0.128 e. The van der Waals surface area contributed by atoms with Crippen LogP contribution in [0.4, 0.5) is 50.6 Å². The van der Waals surface area contributed by atoms with Gasteiger partial charge in [-0.05, 0) is 386 Å². The Morgan fingerprint density at radius 2 is 0.773 bits per heavy atom. The second kappa shape index (κ2) is 76.9. The SMILES string of the molecule is CCN(CC)c1ccc(C)c(C)c1.CCN(CC)c1ccc(C)c(C)n1.CCN(CC)c1ccc(C)c(CO)c1.CCN(CCOC)c1ccc(C)c(C)c1.COCCN(CCOC)c1ccc(C)nc1.COc1ccc(C)cc1.Cc1cc2c3c(c1)CCCN3CCC2.Cc1ccc(N(C)C)cc1.Cc1ccc(N(C)C)cn1.Cc1ccc(N(C)C)s1.Cc1ccccc1.Cc1ccccn1.Cc1cccs1.Cc1ccncc1. The Bertz CT molecular complexity index is 5550. The van der Waals surface area contributed by atoms with E-state index in [0.717, 1.165) is 129 Å². The van der Waals surface area contributed by atoms with Gasteiger partial charge in [0.1, 0.15) is 11.6 Å². The lowest BCUT2D eigenvalue weighted by Crippen LogP contribution is -2.34. The molecule has 0 atom stereocenters. The maximum absolute atomic E-state index is 9.15. The van der Waals surface area contributed by atoms with Crippen LogP contribution in [-0.4, -0.2) is 199 Å². The molecule has 0 spiro atoms. The molecule has 7 aromatic carbocycles. The van der Waals surface area contributed by atoms with Crippen LogP contribution in [0.25, 0.3) is 0 Å². The molecule has 0 radical (unpaired) electrons. The normalized spacial score (nSPS) is 10.6. The molecule has 0 fully saturated rings. The van der Waals surface area contributed by atoms with E-state index in [1.54, 1.807) is 75.2 Å². The van der Waals surface area contributed by atoms with E-state index >= 15 is 0 Å². The molecule has 0 amide bonds. The zero-order valence-corrected chi connectivity index (χ0v) is 99.9. The van der Waals surface area contributed by atoms with Crippen molar-refractivity contribution >= 4 is 73.3 Å². The summed E-state index contributed by atoms with van der Waals surface area (Å²) in [7, 11) is 19.1. The average molecular weight is 2080 g/mol. The molecule has 0 unspecified atom stereocenters. The van der Waals surface area contributed by atoms with Crippen LogP contribution in [0.15, 0.2) is 273 Å². The van der Waals surface area contributed by atoms with Crippen LogP contribution in [0.5, 0.6) is 5.75 Å². The number of ether oxygens (including phenoxy) is 4. The lowest BCUT2D eigenvalue weighted by molar-refractivity contribution is 0.190. The summed E-state index contributed by atoms with van der Waals surface area (Å²) in [4.78, 5) is 43.9. The number of likely N-dealkylation sites (N-methyl/N-ethyl adjacent to an activating group) is 1. The van der Waals surface area contributed by atoms with E-state index in [1.165, 1.54) is 132 Å². The first-order chi connectivity index (χ1) is 71.9. The van der Waals surface area contributed by atoms with Crippen molar-refractivity contribution < 1.29 is 24.1 Å². The first-order valence-electron chi connectivity index (χ1n) is 53.2. The standard InChI is InChI=1S/C13H21NO.C13H17N.C12H20N2O2.C12H19NO.C12H19N.C11H18N2.C9H13N.C8H12N2.C8H10O.C7H11NS.C7H8.2C6H7N.C5H6S/c1-5-14(8-9-15-4)13-7-6-11(2)12(3)10-13;1-10-8-11-4-2-6-14-7-3-5-12(9-10)13(11)14;1-11-4-5-12(10-13-11)14(6-8-15-2)7-9-16-3;1-4-13(5-2)12-7-6-10(3)11(8-12)9-14;1-5-13(6-2)12-8-7-10(3)11(4)9-12;1-5-13(6-2)11-8-7-9(3)10(4)12-11;1-8-4-6-9(7-5-8)10(2)3;1-7-4-5-8(6-9-7)10(2)3;1-7-3-5-8(9-2)6-4-7;1-6-4-5-7(9-6)8(2)3;1-7-5-3-2-4-6-7;1-6-2-4-7-5-3-6;1-6-4-2-3-5-7-6;1-5-3-2-4-6-5/h6-7,10H,5,8-9H2,1-4H3;8-9H,2-7H2,1H3;4-5,10H,6-9H2,1-3H3;6-8,14H,4-5,9H2,1-3H3;7-9H,5-6H2,1-4H3;7-8H,5-6H2,1-4H3;4-7H,1-3H3;4-6H,1-3H3;3-6H,1-2H3;4-5H,1-3H3;2-6H,1H3;2*2-5H,1H3;2-4H,1H3. The summed E-state index contributed by atoms with van der Waals surface area (Å²) in [6.07, 6.45) is 14.4. The number of hydrogen-bond acceptors (Lipinski definition) is 21. The van der Waals surface area contributed by atoms with Crippen LogP contribution in [0.1, 0.15) is 172 Å². The maximum atomic E-state index is 9.15. The van der Waals surface area contributed by atoms with Crippen molar-refractivity contribution in [3.05, 3.63) is 383 Å². The van der Waals surface area contributed by atoms with Gasteiger partial charge in [0.05, 0.1) is 62.3 Å². The molecule has 2 aliphatic heterocycles. The highest BCUT2D eigenvalue weighted by atomic mass is 32.1. The van der Waals surface area contributed by atoms with E-state index in [2.05, 4.69) is 367 Å². The average Bonchev–Trinajstić information content (AvgIpc) is 0.811. The third-order valence-electron chi connectivity index (χ3n) is 25.0. The van der Waals surface area contributed by atoms with E-state index in [1.807, 2.05) is 176 Å². The van der Waals surface area contributed by atoms with Crippen molar-refractivity contribution in [3.8, 4) is 5.75 Å². The Kier molecular flexibility index (Phi) is 67.6. The van der Waals surface area contributed by atoms with E-state index in [9.17, 15) is 0 Å². The number of rotatable bonds is 26. The van der Waals surface area contributed by atoms with Crippen molar-refractivity contribution in [2.45, 2.75) is 198 Å². The van der Waals surface area contributed by atoms with Gasteiger partial charge in [0.2, 0.25) is 0 Å². The summed E-state index contributed by atoms with van der Waals surface area (Å²) in [6.45, 7) is 65.4. The van der Waals surface area contributed by atoms with Crippen LogP contribution in [0.3, 0.4) is 0 Å². The molecule has 2 aliphatic rings. The lowest BCUT2D eigenvalue weighted by atomic mass is 9.90. The van der Waals surface area contributed by atoms with Gasteiger partial charge < -0.3 is 68.2 Å². The molecular weight excluding hydrogens is 1890 g/mol. The van der Waals surface area contributed by atoms with E-state index < -0.39 is 0 Å². The number of aryl methyl sites for hydroxylation is 19. The molecule has 19 nitrogen and oxygen atoms in total. The van der Waals surface area contributed by atoms with Crippen LogP contribution >= 0.6 is 22.7 Å². The quantitative estimate of drug-likeness (QED) is 0.0547. The highest BCUT2D eigenvalue weighted by Crippen LogP contribution is 2.36. The van der Waals surface area contributed by atoms with Gasteiger partial charge >= 0.3 is 0 Å². The zero-order chi connectivity index (χ0) is 111. The molecule has 0 aliphatic carbocycles. The summed E-state index contributed by atoms with van der Waals surface area (Å²) in [6, 6.07) is 81.6. The number of aromatic nitrogens is 5. The molecule has 150 heavy (non-hydrogen) atoms. The molecule has 21 heteroatoms. The van der Waals surface area contributed by atoms with Gasteiger partial charge in [-0.2, -0.15) is 0 Å². The Morgan fingerprint density at radius 3 is 1.13 bits per heavy atom. The number of nitrogens with zero attached hydrogens (tertiary/aromatic N) is 14. The summed E-state index contributed by atoms with van der Waals surface area (Å²) in [5.41, 5.74) is 31.9. The fourth-order valence-electron chi connectivity index (χ4n) is 15.1. The fraction of sp³-hybridized carbons (Fsp3) is 0.419. The number of thiophene rings is 2. The van der Waals surface area contributed by atoms with Gasteiger partial charge in [0, 0.05) is 222 Å². The third-order valence-corrected chi connectivity index (χ3v) is 27.0. The molecule has 0 bridgehead atoms. The van der Waals surface area contributed by atoms with Crippen molar-refractivity contribution in [2.24, 2.45) is 0 Å². The molecule has 0 saturated carbocycles. The third kappa shape index (κ3) is 53.8. The molecule has 9 heterocycles. The van der Waals surface area contributed by atoms with Gasteiger partial charge in [-0.3, -0.25) is 19.9 Å². The van der Waals surface area contributed by atoms with Gasteiger partial charge in [-0.25, -0.2) is 4.98 Å². The van der Waals surface area contributed by atoms with Gasteiger partial charge in [-0.1, -0.05) is 125 Å². The first-order valence-corrected chi connectivity index (χ1v) is 54.9. The molecule has 16 rings (SSSR count). The fourth-order valence-corrected chi connectivity index (χ4v) is 16.4. The highest BCUT2D eigenvalue weighted by Gasteiger charge is 2.24. The van der Waals surface area contributed by atoms with Gasteiger partial charge in [0.25, 0.3) is 0 Å². The molecule has 1 N–H and O–H groups in total. The van der Waals surface area contributed by atoms with Crippen LogP contribution in [-0.2, 0) is 33.7 Å². The Hall–Kier alpha value is -12.5. The van der Waals surface area contributed by atoms with Gasteiger partial charge in [0.15, 0.2) is 0 Å². The molecule has 816 valence electrons. The van der Waals surface area contributed by atoms with Crippen molar-refractivity contribution in [1.29, 1.82) is 0 Å². The van der Waals surface area contributed by atoms with Crippen LogP contribution in [0, 0.1) is 118 Å². The second-order valence-corrected chi connectivity index (χ2v) is 40.1. The first kappa shape index (κ1) is 132. The Labute approximate surface area is 916 Å². The zero-order valence-electron chi connectivity index (χ0n) is 98.3. The Morgan fingerprint density at radius 1 is 0.340 bits per heavy atom. The molecule has 7 aromatic heterocycles. The van der Waals surface area contributed by atoms with Crippen LogP contribution < -0.4 is 48.8 Å². The minimum atomic E-state index is 0.126. The topological polar surface area (TPSA) is 151 Å². The van der Waals surface area contributed by atoms with Crippen molar-refractivity contribution in [2.75, 3.05) is 213 Å². The predicted octanol–water partition coefficient (Wildman–Crippen LogP) is 29.5. The van der Waals surface area contributed by atoms with E-state index in [0.29, 0.717) is 13.2 Å². The van der Waals surface area contributed by atoms with E-state index in [-0.39, 0.29) is 6.61 Å². The minimum Gasteiger partial charge on any atom is -0.497 e. The number of anilines is 9. The summed E-state index contributed by atoms with van der Waals surface area (Å²) in [5.74, 6) is 2.01. The van der Waals surface area contributed by atoms with Gasteiger partial charge in [-0.15, -0.1) is 22.7 Å². The monoisotopic (exact) mass is 2080 g/mol. The lowest BCUT2D eigenvalue weighted by Gasteiger charge is -2.37. The second-order valence-electron chi connectivity index (χ2n) is 37.7. The van der Waals surface area contributed by atoms with Crippen molar-refractivity contribution in [1.82, 2.24) is 24.9 Å². The Balaban J connectivity index is 0.000000418. The number of aliphatic hydroxyl groups excluding tert-OH is 1. The van der Waals surface area contributed by atoms with Crippen molar-refractivity contribution in [3.63, 3.8) is 0 Å². The molecular formula is C129H188N14O5S2. The number of pyridine rings is 5. The molecule has 14 aromatic rings. The predicted molar refractivity (Wildman–Crippen MR) is 656 cm³/mol. The number of benzene rings is 7. The highest BCUT2D eigenvalue weighted by molar-refractivity contribution is 7.16. The largest absolute Gasteiger partial charge is 0.497 e. The smallest absolute Gasteiger partial charge is 0.128 e. The van der Waals surface area contributed by atoms with Crippen LogP contribution in [0.2, 0.25) is 0 Å².